The molecule has 0 spiro atoms. The fraction of sp³-hybridized carbons (Fsp3) is 0.917. The molecule has 1 rings (SSSR count). The van der Waals surface area contributed by atoms with Crippen LogP contribution in [0, 0.1) is 0 Å². The molecule has 0 bridgehead atoms. The van der Waals surface area contributed by atoms with E-state index in [1.165, 1.54) is 32.1 Å². The molecule has 0 aliphatic heterocycles. The van der Waals surface area contributed by atoms with E-state index >= 15 is 0 Å². The van der Waals surface area contributed by atoms with Crippen LogP contribution in [0.2, 0.25) is 0 Å². The molecule has 1 aliphatic rings. The van der Waals surface area contributed by atoms with E-state index in [0.717, 1.165) is 12.8 Å². The van der Waals surface area contributed by atoms with Crippen molar-refractivity contribution >= 4 is 18.3 Å². The predicted molar refractivity (Wildman–Crippen MR) is 69.8 cm³/mol. The second-order valence-corrected chi connectivity index (χ2v) is 4.74. The van der Waals surface area contributed by atoms with E-state index in [2.05, 4.69) is 0 Å². The highest BCUT2D eigenvalue weighted by Crippen LogP contribution is 2.20. The first kappa shape index (κ1) is 15.7. The van der Waals surface area contributed by atoms with Gasteiger partial charge in [0.1, 0.15) is 0 Å². The van der Waals surface area contributed by atoms with Gasteiger partial charge >= 0.3 is 0 Å². The molecule has 4 heteroatoms. The fourth-order valence-corrected chi connectivity index (χ4v) is 2.32. The first-order valence-corrected chi connectivity index (χ1v) is 6.15. The van der Waals surface area contributed by atoms with Crippen LogP contribution < -0.4 is 5.73 Å². The number of nitrogens with two attached hydrogens (primary N) is 1. The largest absolute Gasteiger partial charge is 0.341 e. The summed E-state index contributed by atoms with van der Waals surface area (Å²) in [5.41, 5.74) is 5.62. The third kappa shape index (κ3) is 4.71. The number of likely N-dealkylation sites (N-methyl/N-ethyl adjacent to an activating group) is 1. The van der Waals surface area contributed by atoms with Crippen LogP contribution in [0.25, 0.3) is 0 Å². The maximum absolute atomic E-state index is 11.7. The Hall–Kier alpha value is -0.280. The predicted octanol–water partition coefficient (Wildman–Crippen LogP) is 2.33. The van der Waals surface area contributed by atoms with Crippen LogP contribution in [0.1, 0.15) is 51.9 Å². The molecule has 2 N–H and O–H groups in total. The molecule has 1 fully saturated rings. The van der Waals surface area contributed by atoms with Crippen molar-refractivity contribution in [1.82, 2.24) is 4.90 Å². The summed E-state index contributed by atoms with van der Waals surface area (Å²) in [4.78, 5) is 13.6. The normalized spacial score (nSPS) is 20.2. The van der Waals surface area contributed by atoms with Crippen molar-refractivity contribution in [3.63, 3.8) is 0 Å². The highest BCUT2D eigenvalue weighted by atomic mass is 35.5. The topological polar surface area (TPSA) is 46.3 Å². The molecule has 0 aromatic carbocycles. The van der Waals surface area contributed by atoms with Gasteiger partial charge in [0.25, 0.3) is 0 Å². The van der Waals surface area contributed by atoms with E-state index in [9.17, 15) is 4.79 Å². The molecular formula is C12H25ClN2O. The van der Waals surface area contributed by atoms with Crippen molar-refractivity contribution < 1.29 is 4.79 Å². The molecule has 1 amide bonds. The average Bonchev–Trinajstić information content (AvgIpc) is 2.15. The number of amides is 1. The third-order valence-electron chi connectivity index (χ3n) is 3.36. The lowest BCUT2D eigenvalue weighted by Crippen LogP contribution is -2.45. The number of hydrogen-bond donors (Lipinski definition) is 1. The van der Waals surface area contributed by atoms with Crippen molar-refractivity contribution in [1.29, 1.82) is 0 Å². The molecular weight excluding hydrogens is 224 g/mol. The lowest BCUT2D eigenvalue weighted by atomic mass is 9.95. The summed E-state index contributed by atoms with van der Waals surface area (Å²) in [6.45, 7) is 1.77. The summed E-state index contributed by atoms with van der Waals surface area (Å²) in [5, 5.41) is 0. The first-order chi connectivity index (χ1) is 7.13. The van der Waals surface area contributed by atoms with Crippen LogP contribution in [0.4, 0.5) is 0 Å². The van der Waals surface area contributed by atoms with Crippen molar-refractivity contribution in [3.8, 4) is 0 Å². The quantitative estimate of drug-likeness (QED) is 0.815. The third-order valence-corrected chi connectivity index (χ3v) is 3.36. The van der Waals surface area contributed by atoms with E-state index in [4.69, 9.17) is 5.73 Å². The molecule has 16 heavy (non-hydrogen) atoms. The Morgan fingerprint density at radius 1 is 1.19 bits per heavy atom. The van der Waals surface area contributed by atoms with Gasteiger partial charge in [-0.15, -0.1) is 12.4 Å². The van der Waals surface area contributed by atoms with Gasteiger partial charge in [0.05, 0.1) is 6.04 Å². The molecule has 3 nitrogen and oxygen atoms in total. The monoisotopic (exact) mass is 248 g/mol. The minimum absolute atomic E-state index is 0. The Kier molecular flexibility index (Phi) is 7.77. The molecule has 0 aromatic heterocycles. The van der Waals surface area contributed by atoms with Crippen molar-refractivity contribution in [3.05, 3.63) is 0 Å². The average molecular weight is 249 g/mol. The summed E-state index contributed by atoms with van der Waals surface area (Å²) in [6.07, 6.45) is 8.79. The van der Waals surface area contributed by atoms with E-state index in [1.54, 1.807) is 6.92 Å². The highest BCUT2D eigenvalue weighted by Gasteiger charge is 2.22. The Bertz CT molecular complexity index is 201. The molecule has 0 unspecified atom stereocenters. The molecule has 0 saturated heterocycles. The standard InChI is InChI=1S/C12H24N2O.ClH/c1-10(13)12(15)14(2)11-8-6-4-3-5-7-9-11;/h10-11H,3-9,13H2,1-2H3;1H/t10-;/m1./s1. The van der Waals surface area contributed by atoms with Gasteiger partial charge in [-0.3, -0.25) is 4.79 Å². The van der Waals surface area contributed by atoms with Gasteiger partial charge in [0.2, 0.25) is 5.91 Å². The molecule has 1 saturated carbocycles. The maximum Gasteiger partial charge on any atom is 0.239 e. The summed E-state index contributed by atoms with van der Waals surface area (Å²) < 4.78 is 0. The van der Waals surface area contributed by atoms with Gasteiger partial charge in [-0.05, 0) is 19.8 Å². The Morgan fingerprint density at radius 2 is 1.62 bits per heavy atom. The van der Waals surface area contributed by atoms with E-state index in [-0.39, 0.29) is 24.4 Å². The van der Waals surface area contributed by atoms with Crippen LogP contribution in [-0.4, -0.2) is 29.9 Å². The molecule has 0 aromatic rings. The van der Waals surface area contributed by atoms with Gasteiger partial charge in [0.15, 0.2) is 0 Å². The van der Waals surface area contributed by atoms with Crippen LogP contribution >= 0.6 is 12.4 Å². The number of nitrogens with zero attached hydrogens (tertiary/aromatic N) is 1. The van der Waals surface area contributed by atoms with Gasteiger partial charge in [0, 0.05) is 13.1 Å². The smallest absolute Gasteiger partial charge is 0.239 e. The van der Waals surface area contributed by atoms with Crippen LogP contribution in [-0.2, 0) is 4.79 Å². The molecule has 0 heterocycles. The van der Waals surface area contributed by atoms with Crippen molar-refractivity contribution in [2.24, 2.45) is 5.73 Å². The summed E-state index contributed by atoms with van der Waals surface area (Å²) in [5.74, 6) is 0.0839. The van der Waals surface area contributed by atoms with E-state index in [0.29, 0.717) is 6.04 Å². The summed E-state index contributed by atoms with van der Waals surface area (Å²) in [6, 6.07) is 0.0595. The van der Waals surface area contributed by atoms with Gasteiger partial charge in [-0.2, -0.15) is 0 Å². The maximum atomic E-state index is 11.7. The second kappa shape index (κ2) is 7.91. The lowest BCUT2D eigenvalue weighted by Gasteiger charge is -2.30. The van der Waals surface area contributed by atoms with Gasteiger partial charge in [-0.1, -0.05) is 32.1 Å². The zero-order chi connectivity index (χ0) is 11.3. The van der Waals surface area contributed by atoms with E-state index < -0.39 is 0 Å². The van der Waals surface area contributed by atoms with E-state index in [1.807, 2.05) is 11.9 Å². The zero-order valence-corrected chi connectivity index (χ0v) is 11.3. The molecule has 96 valence electrons. The van der Waals surface area contributed by atoms with Crippen LogP contribution in [0.15, 0.2) is 0 Å². The van der Waals surface area contributed by atoms with Crippen molar-refractivity contribution in [2.45, 2.75) is 64.0 Å². The molecule has 0 radical (unpaired) electrons. The highest BCUT2D eigenvalue weighted by molar-refractivity contribution is 5.85. The summed E-state index contributed by atoms with van der Waals surface area (Å²) >= 11 is 0. The number of carbonyl (C=O) groups is 1. The number of hydrogen-bond acceptors (Lipinski definition) is 2. The van der Waals surface area contributed by atoms with Crippen molar-refractivity contribution in [2.75, 3.05) is 7.05 Å². The fourth-order valence-electron chi connectivity index (χ4n) is 2.32. The Balaban J connectivity index is 0.00000225. The lowest BCUT2D eigenvalue weighted by molar-refractivity contribution is -0.133. The zero-order valence-electron chi connectivity index (χ0n) is 10.4. The number of halogens is 1. The summed E-state index contributed by atoms with van der Waals surface area (Å²) in [7, 11) is 1.90. The van der Waals surface area contributed by atoms with Crippen LogP contribution in [0.3, 0.4) is 0 Å². The van der Waals surface area contributed by atoms with Crippen LogP contribution in [0.5, 0.6) is 0 Å². The molecule has 1 atom stereocenters. The minimum Gasteiger partial charge on any atom is -0.341 e. The number of rotatable bonds is 2. The molecule has 1 aliphatic carbocycles. The number of carbonyl (C=O) groups excluding carboxylic acids is 1. The van der Waals surface area contributed by atoms with Gasteiger partial charge < -0.3 is 10.6 Å². The minimum atomic E-state index is -0.361. The Morgan fingerprint density at radius 3 is 2.06 bits per heavy atom. The SMILES string of the molecule is C[C@@H](N)C(=O)N(C)C1CCCCCCC1.Cl. The van der Waals surface area contributed by atoms with Gasteiger partial charge in [-0.25, -0.2) is 0 Å². The second-order valence-electron chi connectivity index (χ2n) is 4.74. The first-order valence-electron chi connectivity index (χ1n) is 6.15. The Labute approximate surface area is 105 Å².